The first kappa shape index (κ1) is 46.6. The fourth-order valence-corrected chi connectivity index (χ4v) is 5.64. The molecule has 4 heterocycles. The van der Waals surface area contributed by atoms with Gasteiger partial charge in [0.05, 0.1) is 56.1 Å². The number of H-pyrrole nitrogens is 1. The maximum Gasteiger partial charge on any atom is 0.297 e. The lowest BCUT2D eigenvalue weighted by atomic mass is 10.2. The number of hydrogen-bond donors (Lipinski definition) is 1. The summed E-state index contributed by atoms with van der Waals surface area (Å²) >= 11 is 11.7. The maximum atomic E-state index is 13.5. The standard InChI is InChI=1S/C19H12ClF4N5O3.C18H10ClF4N5O3/c1-31-18-10(4-13(16(21)22)27-28-18)7-29-8-26-14(17(23)24)15(19(29)30)32-12-3-9(6-25)2-11(20)5-12;19-10-1-8(5-24)2-11(4-10)31-14-13(16(22)23)25-7-28(18(14)30)6-9-3-12(15(20)21)26-27-17(9)29/h2-5,8,16-17H,7H2,1H3;1-4,7,15-16H,6H2,(H,27,29). The molecule has 0 aliphatic carbocycles. The first-order chi connectivity index (χ1) is 29.9. The second-order valence-electron chi connectivity index (χ2n) is 12.2. The second-order valence-corrected chi connectivity index (χ2v) is 13.1. The third-order valence-electron chi connectivity index (χ3n) is 7.98. The van der Waals surface area contributed by atoms with Crippen LogP contribution in [0.4, 0.5) is 35.1 Å². The Morgan fingerprint density at radius 2 is 1.11 bits per heavy atom. The Hall–Kier alpha value is -7.44. The number of aromatic nitrogens is 8. The number of benzene rings is 2. The first-order valence-corrected chi connectivity index (χ1v) is 17.8. The molecule has 1 N–H and O–H groups in total. The normalized spacial score (nSPS) is 11.0. The second kappa shape index (κ2) is 20.4. The molecule has 16 nitrogen and oxygen atoms in total. The summed E-state index contributed by atoms with van der Waals surface area (Å²) in [5, 5.41) is 30.1. The van der Waals surface area contributed by atoms with Crippen molar-refractivity contribution < 1.29 is 49.3 Å². The van der Waals surface area contributed by atoms with Gasteiger partial charge in [-0.1, -0.05) is 23.2 Å². The van der Waals surface area contributed by atoms with Crippen LogP contribution in [0.1, 0.15) is 70.7 Å². The van der Waals surface area contributed by atoms with E-state index in [1.165, 1.54) is 43.5 Å². The summed E-state index contributed by atoms with van der Waals surface area (Å²) in [6.45, 7) is -0.967. The van der Waals surface area contributed by atoms with Crippen molar-refractivity contribution in [1.82, 2.24) is 39.5 Å². The van der Waals surface area contributed by atoms with Crippen LogP contribution < -0.4 is 30.9 Å². The van der Waals surface area contributed by atoms with Crippen LogP contribution in [0, 0.1) is 22.7 Å². The van der Waals surface area contributed by atoms with Crippen molar-refractivity contribution in [2.75, 3.05) is 7.11 Å². The van der Waals surface area contributed by atoms with Crippen LogP contribution in [-0.2, 0) is 13.1 Å². The third-order valence-corrected chi connectivity index (χ3v) is 8.41. The minimum atomic E-state index is -3.19. The van der Waals surface area contributed by atoms with Crippen LogP contribution >= 0.6 is 23.2 Å². The zero-order chi connectivity index (χ0) is 46.1. The molecule has 0 bridgehead atoms. The lowest BCUT2D eigenvalue weighted by molar-refractivity contribution is 0.141. The van der Waals surface area contributed by atoms with Gasteiger partial charge in [0.15, 0.2) is 11.4 Å². The van der Waals surface area contributed by atoms with Crippen LogP contribution in [-0.4, -0.2) is 46.6 Å². The van der Waals surface area contributed by atoms with Crippen molar-refractivity contribution in [1.29, 1.82) is 10.5 Å². The predicted molar refractivity (Wildman–Crippen MR) is 201 cm³/mol. The molecule has 0 saturated heterocycles. The van der Waals surface area contributed by atoms with Crippen molar-refractivity contribution in [2.45, 2.75) is 38.8 Å². The number of alkyl halides is 8. The van der Waals surface area contributed by atoms with Crippen LogP contribution in [0.3, 0.4) is 0 Å². The lowest BCUT2D eigenvalue weighted by Crippen LogP contribution is -2.27. The first-order valence-electron chi connectivity index (χ1n) is 17.0. The Kier molecular flexibility index (Phi) is 15.1. The Labute approximate surface area is 356 Å². The van der Waals surface area contributed by atoms with E-state index < -0.39 is 89.7 Å². The van der Waals surface area contributed by atoms with Gasteiger partial charge < -0.3 is 14.2 Å². The Bertz CT molecular complexity index is 2920. The molecular formula is C37H22Cl2F8N10O6. The van der Waals surface area contributed by atoms with Gasteiger partial charge >= 0.3 is 0 Å². The summed E-state index contributed by atoms with van der Waals surface area (Å²) in [4.78, 5) is 44.6. The van der Waals surface area contributed by atoms with E-state index in [9.17, 15) is 49.5 Å². The quantitative estimate of drug-likeness (QED) is 0.109. The van der Waals surface area contributed by atoms with Gasteiger partial charge in [-0.3, -0.25) is 23.5 Å². The molecule has 0 radical (unpaired) electrons. The van der Waals surface area contributed by atoms with E-state index in [4.69, 9.17) is 47.9 Å². The van der Waals surface area contributed by atoms with Gasteiger partial charge in [-0.05, 0) is 48.5 Å². The Morgan fingerprint density at radius 3 is 1.54 bits per heavy atom. The summed E-state index contributed by atoms with van der Waals surface area (Å²) in [6.07, 6.45) is -10.7. The SMILES string of the molecule is COc1nnc(C(F)F)cc1Cn1cnc(C(F)F)c(Oc2cc(Cl)cc(C#N)c2)c1=O.N#Cc1cc(Cl)cc(Oc2c(C(F)F)ncn(Cc3cc(C(F)F)n[nH]c3=O)c2=O)c1. The van der Waals surface area contributed by atoms with Gasteiger partial charge in [0, 0.05) is 21.2 Å². The van der Waals surface area contributed by atoms with Gasteiger partial charge in [-0.2, -0.15) is 15.6 Å². The predicted octanol–water partition coefficient (Wildman–Crippen LogP) is 7.85. The third kappa shape index (κ3) is 11.5. The maximum absolute atomic E-state index is 13.5. The highest BCUT2D eigenvalue weighted by Gasteiger charge is 2.25. The molecule has 0 saturated carbocycles. The van der Waals surface area contributed by atoms with Gasteiger partial charge in [0.25, 0.3) is 42.4 Å². The molecule has 63 heavy (non-hydrogen) atoms. The zero-order valence-electron chi connectivity index (χ0n) is 31.3. The molecule has 6 aromatic rings. The molecule has 0 unspecified atom stereocenters. The Balaban J connectivity index is 0.000000238. The molecule has 2 aromatic carbocycles. The van der Waals surface area contributed by atoms with E-state index in [2.05, 4.69) is 25.3 Å². The highest BCUT2D eigenvalue weighted by molar-refractivity contribution is 6.31. The van der Waals surface area contributed by atoms with Gasteiger partial charge in [-0.25, -0.2) is 50.2 Å². The number of aromatic amines is 1. The van der Waals surface area contributed by atoms with Crippen molar-refractivity contribution in [3.05, 3.63) is 147 Å². The van der Waals surface area contributed by atoms with E-state index in [-0.39, 0.29) is 49.7 Å². The smallest absolute Gasteiger partial charge is 0.297 e. The molecule has 0 aliphatic rings. The number of rotatable bonds is 13. The number of ether oxygens (including phenoxy) is 3. The fraction of sp³-hybridized carbons (Fsp3) is 0.189. The highest BCUT2D eigenvalue weighted by Crippen LogP contribution is 2.32. The Morgan fingerprint density at radius 1 is 0.651 bits per heavy atom. The molecule has 0 atom stereocenters. The highest BCUT2D eigenvalue weighted by atomic mass is 35.5. The molecule has 0 fully saturated rings. The summed E-state index contributed by atoms with van der Waals surface area (Å²) in [6, 6.07) is 12.8. The topological polar surface area (TPSA) is 217 Å². The number of nitrogens with one attached hydrogen (secondary N) is 1. The monoisotopic (exact) mass is 924 g/mol. The summed E-state index contributed by atoms with van der Waals surface area (Å²) in [5.74, 6) is -2.15. The van der Waals surface area contributed by atoms with Crippen LogP contribution in [0.2, 0.25) is 10.0 Å². The minimum Gasteiger partial charge on any atom is -0.480 e. The van der Waals surface area contributed by atoms with Gasteiger partial charge in [0.2, 0.25) is 17.4 Å². The number of nitrogens with zero attached hydrogens (tertiary/aromatic N) is 9. The number of nitriles is 2. The molecular weight excluding hydrogens is 903 g/mol. The molecule has 0 spiro atoms. The molecule has 326 valence electrons. The fourth-order valence-electron chi connectivity index (χ4n) is 5.19. The van der Waals surface area contributed by atoms with Crippen LogP contribution in [0.5, 0.6) is 28.9 Å². The van der Waals surface area contributed by atoms with E-state index in [0.717, 1.165) is 33.9 Å². The van der Waals surface area contributed by atoms with E-state index in [1.54, 1.807) is 6.07 Å². The zero-order valence-corrected chi connectivity index (χ0v) is 32.8. The van der Waals surface area contributed by atoms with Crippen molar-refractivity contribution in [3.8, 4) is 41.0 Å². The van der Waals surface area contributed by atoms with Gasteiger partial charge in [0.1, 0.15) is 22.9 Å². The van der Waals surface area contributed by atoms with Crippen molar-refractivity contribution in [2.24, 2.45) is 0 Å². The lowest BCUT2D eigenvalue weighted by Gasteiger charge is -2.14. The largest absolute Gasteiger partial charge is 0.480 e. The molecule has 26 heteroatoms. The van der Waals surface area contributed by atoms with E-state index in [0.29, 0.717) is 0 Å². The average Bonchev–Trinajstić information content (AvgIpc) is 3.23. The molecule has 6 rings (SSSR count). The van der Waals surface area contributed by atoms with E-state index in [1.807, 2.05) is 11.2 Å². The van der Waals surface area contributed by atoms with E-state index >= 15 is 0 Å². The number of methoxy groups -OCH3 is 1. The summed E-state index contributed by atoms with van der Waals surface area (Å²) < 4.78 is 122. The molecule has 4 aromatic heterocycles. The van der Waals surface area contributed by atoms with Crippen LogP contribution in [0.25, 0.3) is 0 Å². The van der Waals surface area contributed by atoms with Crippen molar-refractivity contribution in [3.63, 3.8) is 0 Å². The molecule has 0 amide bonds. The summed E-state index contributed by atoms with van der Waals surface area (Å²) in [5.41, 5.74) is -6.46. The van der Waals surface area contributed by atoms with Crippen molar-refractivity contribution >= 4 is 23.2 Å². The average molecular weight is 926 g/mol. The minimum absolute atomic E-state index is 0.0342. The summed E-state index contributed by atoms with van der Waals surface area (Å²) in [7, 11) is 1.22. The van der Waals surface area contributed by atoms with Gasteiger partial charge in [-0.15, -0.1) is 10.2 Å². The number of halogens is 10. The molecule has 0 aliphatic heterocycles. The van der Waals surface area contributed by atoms with Crippen LogP contribution in [0.15, 0.2) is 75.6 Å². The number of hydrogen-bond acceptors (Lipinski definition) is 13.